The molecule has 0 atom stereocenters. The molecule has 0 saturated heterocycles. The molecule has 1 aliphatic heterocycles. The molecule has 90 valence electrons. The van der Waals surface area contributed by atoms with Crippen LogP contribution >= 0.6 is 11.6 Å². The highest BCUT2D eigenvalue weighted by molar-refractivity contribution is 6.81. The number of hydrogen-bond donors (Lipinski definition) is 2. The molecular weight excluding hydrogens is 244 g/mol. The summed E-state index contributed by atoms with van der Waals surface area (Å²) in [7, 11) is 1.62. The molecule has 2 rings (SSSR count). The summed E-state index contributed by atoms with van der Waals surface area (Å²) in [5, 5.41) is 4.64. The molecule has 0 amide bonds. The van der Waals surface area contributed by atoms with E-state index in [4.69, 9.17) is 16.3 Å². The fraction of sp³-hybridized carbons (Fsp3) is 0.200. The smallest absolute Gasteiger partial charge is 0.290 e. The maximum Gasteiger partial charge on any atom is 0.290 e. The highest BCUT2D eigenvalue weighted by atomic mass is 35.5. The Balaban J connectivity index is 1.92. The van der Waals surface area contributed by atoms with E-state index in [1.807, 2.05) is 24.3 Å². The second kappa shape index (κ2) is 5.03. The summed E-state index contributed by atoms with van der Waals surface area (Å²) >= 11 is 5.28. The van der Waals surface area contributed by atoms with Crippen LogP contribution in [-0.4, -0.2) is 23.3 Å². The number of nitrogens with zero attached hydrogens (tertiary/aromatic N) is 2. The normalized spacial score (nSPS) is 14.8. The van der Waals surface area contributed by atoms with Gasteiger partial charge in [0.1, 0.15) is 5.75 Å². The molecule has 0 aromatic heterocycles. The molecule has 1 aromatic carbocycles. The van der Waals surface area contributed by atoms with Crippen LogP contribution < -0.4 is 15.7 Å². The van der Waals surface area contributed by atoms with E-state index in [0.717, 1.165) is 11.3 Å². The zero-order valence-electron chi connectivity index (χ0n) is 9.11. The number of methoxy groups -OCH3 is 1. The van der Waals surface area contributed by atoms with Crippen molar-refractivity contribution >= 4 is 22.7 Å². The van der Waals surface area contributed by atoms with E-state index in [1.165, 1.54) is 0 Å². The minimum absolute atomic E-state index is 0.0835. The molecule has 0 saturated carbocycles. The van der Waals surface area contributed by atoms with Crippen LogP contribution in [-0.2, 0) is 11.3 Å². The first kappa shape index (κ1) is 11.7. The van der Waals surface area contributed by atoms with Gasteiger partial charge in [0.05, 0.1) is 13.7 Å². The summed E-state index contributed by atoms with van der Waals surface area (Å²) in [4.78, 5) is 10.8. The zero-order valence-corrected chi connectivity index (χ0v) is 9.86. The standard InChI is InChI=1S/C10H11ClN4O2/c1-17-8-4-2-7(3-5-8)6-15-13-10(9(11)16)12-14-15/h2-5,14H,6H2,1H3,(H,12,13). The minimum Gasteiger partial charge on any atom is -0.497 e. The van der Waals surface area contributed by atoms with Gasteiger partial charge in [-0.1, -0.05) is 12.1 Å². The molecule has 7 heteroatoms. The van der Waals surface area contributed by atoms with E-state index in [1.54, 1.807) is 12.2 Å². The van der Waals surface area contributed by atoms with E-state index in [-0.39, 0.29) is 5.84 Å². The van der Waals surface area contributed by atoms with Crippen LogP contribution in [0.2, 0.25) is 0 Å². The average Bonchev–Trinajstić information content (AvgIpc) is 2.79. The Morgan fingerprint density at radius 1 is 1.47 bits per heavy atom. The van der Waals surface area contributed by atoms with E-state index in [9.17, 15) is 4.79 Å². The largest absolute Gasteiger partial charge is 0.497 e. The Bertz CT molecular complexity index is 446. The summed E-state index contributed by atoms with van der Waals surface area (Å²) in [5.41, 5.74) is 6.40. The Labute approximate surface area is 103 Å². The molecule has 1 aromatic rings. The molecule has 1 aliphatic rings. The van der Waals surface area contributed by atoms with Crippen molar-refractivity contribution in [3.63, 3.8) is 0 Å². The molecule has 0 radical (unpaired) electrons. The lowest BCUT2D eigenvalue weighted by Crippen LogP contribution is -2.41. The van der Waals surface area contributed by atoms with E-state index >= 15 is 0 Å². The van der Waals surface area contributed by atoms with Crippen LogP contribution in [0, 0.1) is 0 Å². The Morgan fingerprint density at radius 3 is 2.71 bits per heavy atom. The molecule has 17 heavy (non-hydrogen) atoms. The number of hydrazine groups is 2. The third kappa shape index (κ3) is 2.86. The molecule has 2 N–H and O–H groups in total. The Morgan fingerprint density at radius 2 is 2.18 bits per heavy atom. The van der Waals surface area contributed by atoms with Crippen molar-refractivity contribution in [1.82, 2.24) is 16.1 Å². The third-order valence-corrected chi connectivity index (χ3v) is 2.39. The lowest BCUT2D eigenvalue weighted by Gasteiger charge is -2.15. The van der Waals surface area contributed by atoms with Gasteiger partial charge in [-0.05, 0) is 29.3 Å². The predicted octanol–water partition coefficient (Wildman–Crippen LogP) is 0.599. The number of rotatable bonds is 4. The van der Waals surface area contributed by atoms with Crippen LogP contribution in [0.1, 0.15) is 5.56 Å². The quantitative estimate of drug-likeness (QED) is 0.771. The number of carbonyl (C=O) groups excluding carboxylic acids is 1. The van der Waals surface area contributed by atoms with E-state index < -0.39 is 5.24 Å². The fourth-order valence-electron chi connectivity index (χ4n) is 1.36. The molecule has 0 fully saturated rings. The van der Waals surface area contributed by atoms with E-state index in [2.05, 4.69) is 16.1 Å². The first-order valence-corrected chi connectivity index (χ1v) is 5.27. The second-order valence-corrected chi connectivity index (χ2v) is 3.72. The van der Waals surface area contributed by atoms with Gasteiger partial charge in [-0.2, -0.15) is 0 Å². The maximum atomic E-state index is 10.8. The van der Waals surface area contributed by atoms with Gasteiger partial charge >= 0.3 is 0 Å². The van der Waals surface area contributed by atoms with Crippen LogP contribution in [0.5, 0.6) is 5.75 Å². The summed E-state index contributed by atoms with van der Waals surface area (Å²) in [6, 6.07) is 7.56. The van der Waals surface area contributed by atoms with E-state index in [0.29, 0.717) is 6.54 Å². The predicted molar refractivity (Wildman–Crippen MR) is 63.1 cm³/mol. The Hall–Kier alpha value is -1.79. The van der Waals surface area contributed by atoms with Crippen molar-refractivity contribution in [3.05, 3.63) is 29.8 Å². The SMILES string of the molecule is COc1ccc(CN2NN=C(C(=O)Cl)N2)cc1. The van der Waals surface area contributed by atoms with Crippen molar-refractivity contribution in [1.29, 1.82) is 0 Å². The Kier molecular flexibility index (Phi) is 3.46. The molecule has 6 nitrogen and oxygen atoms in total. The molecule has 0 unspecified atom stereocenters. The maximum absolute atomic E-state index is 10.8. The second-order valence-electron chi connectivity index (χ2n) is 3.38. The zero-order chi connectivity index (χ0) is 12.3. The number of ether oxygens (including phenoxy) is 1. The first-order valence-electron chi connectivity index (χ1n) is 4.89. The number of carbonyl (C=O) groups is 1. The van der Waals surface area contributed by atoms with Gasteiger partial charge in [-0.15, -0.1) is 10.2 Å². The summed E-state index contributed by atoms with van der Waals surface area (Å²) in [6.07, 6.45) is 0. The lowest BCUT2D eigenvalue weighted by atomic mass is 10.2. The molecule has 0 aliphatic carbocycles. The molecule has 0 spiro atoms. The summed E-state index contributed by atoms with van der Waals surface area (Å²) < 4.78 is 5.06. The fourth-order valence-corrected chi connectivity index (χ4v) is 1.45. The van der Waals surface area contributed by atoms with Crippen LogP contribution in [0.15, 0.2) is 29.4 Å². The molecule has 0 bridgehead atoms. The number of hydrazone groups is 1. The third-order valence-electron chi connectivity index (χ3n) is 2.21. The molecular formula is C10H11ClN4O2. The monoisotopic (exact) mass is 254 g/mol. The summed E-state index contributed by atoms with van der Waals surface area (Å²) in [5.74, 6) is 0.879. The number of hydrogen-bond acceptors (Lipinski definition) is 6. The van der Waals surface area contributed by atoms with Crippen molar-refractivity contribution in [2.45, 2.75) is 6.54 Å². The van der Waals surface area contributed by atoms with Gasteiger partial charge in [0.15, 0.2) is 0 Å². The average molecular weight is 255 g/mol. The van der Waals surface area contributed by atoms with Gasteiger partial charge in [0.25, 0.3) is 5.24 Å². The van der Waals surface area contributed by atoms with Crippen molar-refractivity contribution < 1.29 is 9.53 Å². The van der Waals surface area contributed by atoms with Gasteiger partial charge in [-0.25, -0.2) is 5.53 Å². The van der Waals surface area contributed by atoms with Gasteiger partial charge < -0.3 is 4.74 Å². The van der Waals surface area contributed by atoms with Gasteiger partial charge in [0, 0.05) is 0 Å². The van der Waals surface area contributed by atoms with Crippen molar-refractivity contribution in [2.24, 2.45) is 5.10 Å². The minimum atomic E-state index is -0.630. The van der Waals surface area contributed by atoms with Crippen LogP contribution in [0.3, 0.4) is 0 Å². The van der Waals surface area contributed by atoms with Crippen molar-refractivity contribution in [2.75, 3.05) is 7.11 Å². The summed E-state index contributed by atoms with van der Waals surface area (Å²) in [6.45, 7) is 0.529. The highest BCUT2D eigenvalue weighted by Gasteiger charge is 2.19. The number of amidine groups is 1. The molecule has 1 heterocycles. The lowest BCUT2D eigenvalue weighted by molar-refractivity contribution is -0.106. The topological polar surface area (TPSA) is 66.0 Å². The van der Waals surface area contributed by atoms with Crippen LogP contribution in [0.4, 0.5) is 0 Å². The van der Waals surface area contributed by atoms with Gasteiger partial charge in [-0.3, -0.25) is 10.2 Å². The highest BCUT2D eigenvalue weighted by Crippen LogP contribution is 2.12. The van der Waals surface area contributed by atoms with Crippen molar-refractivity contribution in [3.8, 4) is 5.75 Å². The number of benzene rings is 1. The van der Waals surface area contributed by atoms with Gasteiger partial charge in [0.2, 0.25) is 5.84 Å². The first-order chi connectivity index (χ1) is 8.19. The number of nitrogens with one attached hydrogen (secondary N) is 2. The number of halogens is 1. The van der Waals surface area contributed by atoms with Crippen LogP contribution in [0.25, 0.3) is 0 Å².